The lowest BCUT2D eigenvalue weighted by Gasteiger charge is -2.37. The Morgan fingerprint density at radius 2 is 1.97 bits per heavy atom. The third kappa shape index (κ3) is 4.48. The molecule has 1 aromatic heterocycles. The Bertz CT molecular complexity index is 1040. The van der Waals surface area contributed by atoms with Crippen LogP contribution in [0.4, 0.5) is 35.0 Å². The number of alkyl halides is 3. The van der Waals surface area contributed by atoms with Gasteiger partial charge in [0.1, 0.15) is 23.6 Å². The van der Waals surface area contributed by atoms with Gasteiger partial charge < -0.3 is 25.0 Å². The highest BCUT2D eigenvalue weighted by molar-refractivity contribution is 6.03. The first-order chi connectivity index (χ1) is 15.0. The minimum absolute atomic E-state index is 0.0102. The molecule has 2 N–H and O–H groups in total. The number of halogens is 4. The number of aromatic nitrogens is 2. The highest BCUT2D eigenvalue weighted by atomic mass is 19.4. The van der Waals surface area contributed by atoms with Crippen LogP contribution in [0.5, 0.6) is 11.5 Å². The molecule has 1 fully saturated rings. The molecule has 0 unspecified atom stereocenters. The van der Waals surface area contributed by atoms with Gasteiger partial charge in [-0.25, -0.2) is 9.37 Å². The van der Waals surface area contributed by atoms with E-state index in [-0.39, 0.29) is 29.8 Å². The van der Waals surface area contributed by atoms with E-state index in [4.69, 9.17) is 4.74 Å². The van der Waals surface area contributed by atoms with Crippen molar-refractivity contribution >= 4 is 23.4 Å². The molecule has 12 heteroatoms. The molecule has 2 aliphatic rings. The number of rotatable bonds is 5. The van der Waals surface area contributed by atoms with Gasteiger partial charge in [0, 0.05) is 32.0 Å². The quantitative estimate of drug-likeness (QED) is 0.666. The molecule has 32 heavy (non-hydrogen) atoms. The summed E-state index contributed by atoms with van der Waals surface area (Å²) in [6.07, 6.45) is -4.05. The molecule has 172 valence electrons. The first-order valence-electron chi connectivity index (χ1n) is 9.91. The maximum atomic E-state index is 13.8. The molecular weight excluding hydrogens is 434 g/mol. The lowest BCUT2D eigenvalue weighted by Crippen LogP contribution is -2.45. The molecular formula is C20H21F4N5O3. The van der Waals surface area contributed by atoms with Gasteiger partial charge in [0.15, 0.2) is 17.4 Å². The molecule has 2 aromatic rings. The molecule has 1 aliphatic carbocycles. The van der Waals surface area contributed by atoms with Crippen LogP contribution in [0.15, 0.2) is 18.2 Å². The third-order valence-corrected chi connectivity index (χ3v) is 5.47. The van der Waals surface area contributed by atoms with Gasteiger partial charge in [-0.3, -0.25) is 4.79 Å². The van der Waals surface area contributed by atoms with Gasteiger partial charge in [0.05, 0.1) is 5.69 Å². The topological polar surface area (TPSA) is 88.6 Å². The van der Waals surface area contributed by atoms with E-state index in [1.54, 1.807) is 25.8 Å². The lowest BCUT2D eigenvalue weighted by molar-refractivity contribution is -0.275. The Hall–Kier alpha value is -3.31. The summed E-state index contributed by atoms with van der Waals surface area (Å²) in [5.74, 6) is -1.03. The number of anilines is 3. The van der Waals surface area contributed by atoms with Crippen molar-refractivity contribution in [2.75, 3.05) is 22.6 Å². The summed E-state index contributed by atoms with van der Waals surface area (Å²) in [5.41, 5.74) is 1.21. The maximum absolute atomic E-state index is 13.8. The number of fused-ring (bicyclic) bond motifs is 1. The molecule has 1 amide bonds. The maximum Gasteiger partial charge on any atom is 0.573 e. The zero-order chi connectivity index (χ0) is 23.2. The average Bonchev–Trinajstić information content (AvgIpc) is 2.67. The van der Waals surface area contributed by atoms with Crippen molar-refractivity contribution < 1.29 is 31.8 Å². The summed E-state index contributed by atoms with van der Waals surface area (Å²) in [6, 6.07) is 2.62. The van der Waals surface area contributed by atoms with Crippen LogP contribution < -0.4 is 25.0 Å². The Labute approximate surface area is 180 Å². The predicted molar refractivity (Wildman–Crippen MR) is 107 cm³/mol. The normalized spacial score (nSPS) is 22.5. The fourth-order valence-electron chi connectivity index (χ4n) is 3.53. The number of aryl methyl sites for hydroxylation is 1. The Morgan fingerprint density at radius 3 is 2.62 bits per heavy atom. The van der Waals surface area contributed by atoms with Crippen LogP contribution in [0.25, 0.3) is 0 Å². The number of hydrogen-bond donors (Lipinski definition) is 2. The number of nitrogens with one attached hydrogen (secondary N) is 2. The molecule has 0 spiro atoms. The van der Waals surface area contributed by atoms with Gasteiger partial charge in [0.25, 0.3) is 0 Å². The molecule has 1 atom stereocenters. The largest absolute Gasteiger partial charge is 0.573 e. The van der Waals surface area contributed by atoms with Gasteiger partial charge in [-0.1, -0.05) is 0 Å². The number of ether oxygens (including phenoxy) is 2. The van der Waals surface area contributed by atoms with E-state index in [1.807, 2.05) is 0 Å². The summed E-state index contributed by atoms with van der Waals surface area (Å²) in [5, 5.41) is 6.03. The van der Waals surface area contributed by atoms with Gasteiger partial charge in [0.2, 0.25) is 11.9 Å². The van der Waals surface area contributed by atoms with Gasteiger partial charge in [-0.05, 0) is 26.0 Å². The van der Waals surface area contributed by atoms with Crippen molar-refractivity contribution in [3.05, 3.63) is 29.7 Å². The minimum Gasteiger partial charge on any atom is -0.490 e. The third-order valence-electron chi connectivity index (χ3n) is 5.47. The molecule has 8 nitrogen and oxygen atoms in total. The van der Waals surface area contributed by atoms with Crippen molar-refractivity contribution in [1.29, 1.82) is 0 Å². The minimum atomic E-state index is -4.97. The average molecular weight is 455 g/mol. The van der Waals surface area contributed by atoms with E-state index in [9.17, 15) is 22.4 Å². The number of likely N-dealkylation sites (N-methyl/N-ethyl adjacent to an activating group) is 1. The lowest BCUT2D eigenvalue weighted by atomic mass is 9.89. The Kier molecular flexibility index (Phi) is 5.47. The standard InChI is InChI=1S/C20H21F4N5O3/c1-9-16-17(29(3)10(2)18(30)27-16)28-19(25-9)26-11-6-13(7-11)31-12-4-5-15(14(21)8-12)32-20(22,23)24/h4-5,8,10-11,13H,6-7H2,1-3H3,(H,27,30)(H,25,26,28)/t10-,11?,13?/m0/s1. The zero-order valence-electron chi connectivity index (χ0n) is 17.5. The molecule has 2 heterocycles. The van der Waals surface area contributed by atoms with E-state index >= 15 is 0 Å². The number of nitrogens with zero attached hydrogens (tertiary/aromatic N) is 3. The van der Waals surface area contributed by atoms with Crippen LogP contribution in [0.1, 0.15) is 25.5 Å². The van der Waals surface area contributed by atoms with Crippen molar-refractivity contribution in [2.24, 2.45) is 0 Å². The van der Waals surface area contributed by atoms with E-state index in [0.717, 1.165) is 12.1 Å². The zero-order valence-corrected chi connectivity index (χ0v) is 17.5. The van der Waals surface area contributed by atoms with Crippen molar-refractivity contribution in [2.45, 2.75) is 51.2 Å². The van der Waals surface area contributed by atoms with Crippen LogP contribution in [0, 0.1) is 12.7 Å². The molecule has 4 rings (SSSR count). The van der Waals surface area contributed by atoms with Crippen LogP contribution in [-0.2, 0) is 4.79 Å². The summed E-state index contributed by atoms with van der Waals surface area (Å²) < 4.78 is 59.8. The fourth-order valence-corrected chi connectivity index (χ4v) is 3.53. The van der Waals surface area contributed by atoms with E-state index < -0.39 is 17.9 Å². The highest BCUT2D eigenvalue weighted by Gasteiger charge is 2.35. The number of hydrogen-bond acceptors (Lipinski definition) is 7. The molecule has 0 radical (unpaired) electrons. The molecule has 0 saturated heterocycles. The number of carbonyl (C=O) groups excluding carboxylic acids is 1. The number of carbonyl (C=O) groups is 1. The van der Waals surface area contributed by atoms with Crippen LogP contribution >= 0.6 is 0 Å². The fraction of sp³-hybridized carbons (Fsp3) is 0.450. The summed E-state index contributed by atoms with van der Waals surface area (Å²) >= 11 is 0. The summed E-state index contributed by atoms with van der Waals surface area (Å²) in [7, 11) is 1.79. The molecule has 1 aromatic carbocycles. The number of amides is 1. The van der Waals surface area contributed by atoms with Crippen molar-refractivity contribution in [3.63, 3.8) is 0 Å². The smallest absolute Gasteiger partial charge is 0.490 e. The Morgan fingerprint density at radius 1 is 1.25 bits per heavy atom. The van der Waals surface area contributed by atoms with Crippen molar-refractivity contribution in [1.82, 2.24) is 9.97 Å². The Balaban J connectivity index is 1.35. The highest BCUT2D eigenvalue weighted by Crippen LogP contribution is 2.34. The summed E-state index contributed by atoms with van der Waals surface area (Å²) in [4.78, 5) is 22.7. The number of benzene rings is 1. The first kappa shape index (κ1) is 21.9. The second-order valence-electron chi connectivity index (χ2n) is 7.80. The monoisotopic (exact) mass is 455 g/mol. The van der Waals surface area contributed by atoms with Crippen molar-refractivity contribution in [3.8, 4) is 11.5 Å². The molecule has 0 bridgehead atoms. The predicted octanol–water partition coefficient (Wildman–Crippen LogP) is 3.62. The van der Waals surface area contributed by atoms with Crippen LogP contribution in [0.3, 0.4) is 0 Å². The van der Waals surface area contributed by atoms with Gasteiger partial charge >= 0.3 is 6.36 Å². The SMILES string of the molecule is Cc1nc(NC2CC(Oc3ccc(OC(F)(F)F)c(F)c3)C2)nc2c1NC(=O)[C@H](C)N2C. The van der Waals surface area contributed by atoms with Gasteiger partial charge in [-0.15, -0.1) is 13.2 Å². The summed E-state index contributed by atoms with van der Waals surface area (Å²) in [6.45, 7) is 3.56. The van der Waals surface area contributed by atoms with E-state index in [1.165, 1.54) is 6.07 Å². The van der Waals surface area contributed by atoms with E-state index in [0.29, 0.717) is 36.0 Å². The first-order valence-corrected chi connectivity index (χ1v) is 9.91. The van der Waals surface area contributed by atoms with E-state index in [2.05, 4.69) is 25.3 Å². The van der Waals surface area contributed by atoms with Crippen LogP contribution in [-0.4, -0.2) is 47.5 Å². The second kappa shape index (κ2) is 7.99. The van der Waals surface area contributed by atoms with Gasteiger partial charge in [-0.2, -0.15) is 4.98 Å². The molecule has 1 aliphatic heterocycles. The van der Waals surface area contributed by atoms with Crippen LogP contribution in [0.2, 0.25) is 0 Å². The molecule has 1 saturated carbocycles. The second-order valence-corrected chi connectivity index (χ2v) is 7.80.